The SMILES string of the molecule is CC(C)[C@@H](C(=O)N1CCCC1C(N)=O)c1cc(C2CCNCC2)no1. The number of nitrogens with two attached hydrogens (primary N) is 1. The van der Waals surface area contributed by atoms with E-state index in [1.54, 1.807) is 4.90 Å². The van der Waals surface area contributed by atoms with E-state index in [2.05, 4.69) is 10.5 Å². The number of aromatic nitrogens is 1. The zero-order valence-corrected chi connectivity index (χ0v) is 15.0. The molecule has 2 atom stereocenters. The van der Waals surface area contributed by atoms with E-state index in [0.29, 0.717) is 24.6 Å². The van der Waals surface area contributed by atoms with Crippen molar-refractivity contribution in [2.45, 2.75) is 57.4 Å². The van der Waals surface area contributed by atoms with Crippen molar-refractivity contribution in [1.82, 2.24) is 15.4 Å². The predicted octanol–water partition coefficient (Wildman–Crippen LogP) is 1.36. The van der Waals surface area contributed by atoms with Crippen LogP contribution >= 0.6 is 0 Å². The van der Waals surface area contributed by atoms with Crippen molar-refractivity contribution in [2.24, 2.45) is 11.7 Å². The van der Waals surface area contributed by atoms with Crippen LogP contribution in [0.3, 0.4) is 0 Å². The van der Waals surface area contributed by atoms with E-state index in [-0.39, 0.29) is 11.8 Å². The predicted molar refractivity (Wildman–Crippen MR) is 92.9 cm³/mol. The van der Waals surface area contributed by atoms with Gasteiger partial charge in [0, 0.05) is 18.5 Å². The molecular weight excluding hydrogens is 320 g/mol. The molecular formula is C18H28N4O3. The van der Waals surface area contributed by atoms with Gasteiger partial charge in [0.2, 0.25) is 11.8 Å². The average molecular weight is 348 g/mol. The Balaban J connectivity index is 1.80. The number of nitrogens with one attached hydrogen (secondary N) is 1. The van der Waals surface area contributed by atoms with E-state index in [0.717, 1.165) is 38.0 Å². The monoisotopic (exact) mass is 348 g/mol. The van der Waals surface area contributed by atoms with Gasteiger partial charge in [-0.05, 0) is 44.7 Å². The maximum atomic E-state index is 13.1. The molecule has 7 heteroatoms. The first kappa shape index (κ1) is 17.9. The molecule has 7 nitrogen and oxygen atoms in total. The molecule has 0 bridgehead atoms. The van der Waals surface area contributed by atoms with E-state index >= 15 is 0 Å². The summed E-state index contributed by atoms with van der Waals surface area (Å²) in [4.78, 5) is 26.4. The number of nitrogens with zero attached hydrogens (tertiary/aromatic N) is 2. The third-order valence-electron chi connectivity index (χ3n) is 5.41. The van der Waals surface area contributed by atoms with Crippen LogP contribution in [0.2, 0.25) is 0 Å². The topological polar surface area (TPSA) is 101 Å². The molecule has 25 heavy (non-hydrogen) atoms. The second-order valence-electron chi connectivity index (χ2n) is 7.49. The fraction of sp³-hybridized carbons (Fsp3) is 0.722. The van der Waals surface area contributed by atoms with E-state index in [9.17, 15) is 9.59 Å². The lowest BCUT2D eigenvalue weighted by atomic mass is 9.89. The lowest BCUT2D eigenvalue weighted by Gasteiger charge is -2.27. The Kier molecular flexibility index (Phi) is 5.42. The van der Waals surface area contributed by atoms with Crippen molar-refractivity contribution in [3.05, 3.63) is 17.5 Å². The molecule has 1 aromatic heterocycles. The molecule has 2 aliphatic rings. The highest BCUT2D eigenvalue weighted by Crippen LogP contribution is 2.33. The summed E-state index contributed by atoms with van der Waals surface area (Å²) in [7, 11) is 0. The van der Waals surface area contributed by atoms with Crippen LogP contribution in [0.15, 0.2) is 10.6 Å². The van der Waals surface area contributed by atoms with Gasteiger partial charge in [-0.1, -0.05) is 19.0 Å². The van der Waals surface area contributed by atoms with Gasteiger partial charge in [-0.15, -0.1) is 0 Å². The maximum Gasteiger partial charge on any atom is 0.240 e. The Morgan fingerprint density at radius 3 is 2.68 bits per heavy atom. The molecule has 0 spiro atoms. The highest BCUT2D eigenvalue weighted by atomic mass is 16.5. The summed E-state index contributed by atoms with van der Waals surface area (Å²) < 4.78 is 5.58. The molecule has 1 unspecified atom stereocenters. The zero-order valence-electron chi connectivity index (χ0n) is 15.0. The molecule has 2 amide bonds. The smallest absolute Gasteiger partial charge is 0.240 e. The lowest BCUT2D eigenvalue weighted by Crippen LogP contribution is -2.46. The molecule has 3 N–H and O–H groups in total. The number of likely N-dealkylation sites (tertiary alicyclic amines) is 1. The first-order valence-corrected chi connectivity index (χ1v) is 9.26. The molecule has 0 aromatic carbocycles. The third-order valence-corrected chi connectivity index (χ3v) is 5.41. The van der Waals surface area contributed by atoms with Gasteiger partial charge < -0.3 is 20.5 Å². The highest BCUT2D eigenvalue weighted by molar-refractivity contribution is 5.90. The molecule has 3 rings (SSSR count). The number of amides is 2. The molecule has 0 saturated carbocycles. The molecule has 2 fully saturated rings. The normalized spacial score (nSPS) is 23.2. The fourth-order valence-corrected chi connectivity index (χ4v) is 4.00. The van der Waals surface area contributed by atoms with Gasteiger partial charge in [-0.2, -0.15) is 0 Å². The van der Waals surface area contributed by atoms with Crippen LogP contribution in [0.25, 0.3) is 0 Å². The highest BCUT2D eigenvalue weighted by Gasteiger charge is 2.39. The van der Waals surface area contributed by atoms with Gasteiger partial charge in [0.05, 0.1) is 5.69 Å². The number of piperidine rings is 1. The van der Waals surface area contributed by atoms with Gasteiger partial charge in [-0.25, -0.2) is 0 Å². The van der Waals surface area contributed by atoms with E-state index in [1.165, 1.54) is 0 Å². The molecule has 138 valence electrons. The minimum Gasteiger partial charge on any atom is -0.368 e. The third kappa shape index (κ3) is 3.71. The molecule has 3 heterocycles. The van der Waals surface area contributed by atoms with Gasteiger partial charge in [0.1, 0.15) is 17.7 Å². The van der Waals surface area contributed by atoms with Crippen LogP contribution in [0.1, 0.15) is 62.8 Å². The van der Waals surface area contributed by atoms with Crippen molar-refractivity contribution in [3.63, 3.8) is 0 Å². The van der Waals surface area contributed by atoms with Crippen molar-refractivity contribution in [2.75, 3.05) is 19.6 Å². The standard InChI is InChI=1S/C18H28N4O3/c1-11(2)16(18(24)22-9-3-4-14(22)17(19)23)15-10-13(21-25-15)12-5-7-20-8-6-12/h10-12,14,16,20H,3-9H2,1-2H3,(H2,19,23)/t14?,16-/m1/s1. The van der Waals surface area contributed by atoms with Crippen molar-refractivity contribution >= 4 is 11.8 Å². The minimum absolute atomic E-state index is 0.0513. The largest absolute Gasteiger partial charge is 0.368 e. The van der Waals surface area contributed by atoms with Crippen LogP contribution in [0, 0.1) is 5.92 Å². The lowest BCUT2D eigenvalue weighted by molar-refractivity contribution is -0.139. The number of hydrogen-bond donors (Lipinski definition) is 2. The summed E-state index contributed by atoms with van der Waals surface area (Å²) in [5.74, 6) is 0.0967. The van der Waals surface area contributed by atoms with Gasteiger partial charge in [0.25, 0.3) is 0 Å². The van der Waals surface area contributed by atoms with Crippen LogP contribution in [0.4, 0.5) is 0 Å². The van der Waals surface area contributed by atoms with Crippen molar-refractivity contribution < 1.29 is 14.1 Å². The molecule has 0 radical (unpaired) electrons. The van der Waals surface area contributed by atoms with Gasteiger partial charge >= 0.3 is 0 Å². The quantitative estimate of drug-likeness (QED) is 0.836. The maximum absolute atomic E-state index is 13.1. The minimum atomic E-state index is -0.499. The van der Waals surface area contributed by atoms with Gasteiger partial charge in [0.15, 0.2) is 0 Å². The summed E-state index contributed by atoms with van der Waals surface area (Å²) in [6.45, 7) is 6.52. The number of primary amides is 1. The Labute approximate surface area is 148 Å². The van der Waals surface area contributed by atoms with Crippen LogP contribution in [-0.2, 0) is 9.59 Å². The van der Waals surface area contributed by atoms with Crippen molar-refractivity contribution in [3.8, 4) is 0 Å². The first-order valence-electron chi connectivity index (χ1n) is 9.26. The second-order valence-corrected chi connectivity index (χ2v) is 7.49. The average Bonchev–Trinajstić information content (AvgIpc) is 3.25. The number of hydrogen-bond acceptors (Lipinski definition) is 5. The second kappa shape index (κ2) is 7.56. The van der Waals surface area contributed by atoms with E-state index < -0.39 is 17.9 Å². The Morgan fingerprint density at radius 1 is 1.32 bits per heavy atom. The molecule has 0 aliphatic carbocycles. The zero-order chi connectivity index (χ0) is 18.0. The number of carbonyl (C=O) groups is 2. The first-order chi connectivity index (χ1) is 12.0. The van der Waals surface area contributed by atoms with Crippen molar-refractivity contribution in [1.29, 1.82) is 0 Å². The van der Waals surface area contributed by atoms with Gasteiger partial charge in [-0.3, -0.25) is 9.59 Å². The number of rotatable bonds is 5. The fourth-order valence-electron chi connectivity index (χ4n) is 4.00. The Morgan fingerprint density at radius 2 is 2.04 bits per heavy atom. The Hall–Kier alpha value is -1.89. The van der Waals surface area contributed by atoms with Crippen LogP contribution in [0.5, 0.6) is 0 Å². The molecule has 2 saturated heterocycles. The number of carbonyl (C=O) groups excluding carboxylic acids is 2. The summed E-state index contributed by atoms with van der Waals surface area (Å²) in [6, 6.07) is 1.44. The van der Waals surface area contributed by atoms with Crippen LogP contribution in [-0.4, -0.2) is 47.5 Å². The van der Waals surface area contributed by atoms with E-state index in [1.807, 2.05) is 19.9 Å². The van der Waals surface area contributed by atoms with E-state index in [4.69, 9.17) is 10.3 Å². The summed E-state index contributed by atoms with van der Waals surface area (Å²) in [5.41, 5.74) is 6.40. The van der Waals surface area contributed by atoms with Crippen LogP contribution < -0.4 is 11.1 Å². The summed E-state index contributed by atoms with van der Waals surface area (Å²) in [5, 5.41) is 7.58. The molecule has 1 aromatic rings. The molecule has 2 aliphatic heterocycles. The Bertz CT molecular complexity index is 622. The summed E-state index contributed by atoms with van der Waals surface area (Å²) >= 11 is 0. The summed E-state index contributed by atoms with van der Waals surface area (Å²) in [6.07, 6.45) is 3.51.